The summed E-state index contributed by atoms with van der Waals surface area (Å²) in [6.07, 6.45) is 4.92. The Morgan fingerprint density at radius 1 is 1.62 bits per heavy atom. The highest BCUT2D eigenvalue weighted by molar-refractivity contribution is 8.00. The van der Waals surface area contributed by atoms with Crippen molar-refractivity contribution in [2.75, 3.05) is 5.75 Å². The largest absolute Gasteiger partial charge is 0.480 e. The van der Waals surface area contributed by atoms with Gasteiger partial charge in [0.15, 0.2) is 5.25 Å². The molecule has 0 aromatic rings. The number of carboxylic acids is 1. The van der Waals surface area contributed by atoms with Crippen LogP contribution in [0.3, 0.4) is 0 Å². The van der Waals surface area contributed by atoms with Gasteiger partial charge in [-0.2, -0.15) is 5.26 Å². The molecule has 0 amide bonds. The molecule has 0 spiro atoms. The Morgan fingerprint density at radius 3 is 2.69 bits per heavy atom. The van der Waals surface area contributed by atoms with Crippen LogP contribution in [0.2, 0.25) is 0 Å². The van der Waals surface area contributed by atoms with E-state index in [1.807, 2.05) is 0 Å². The van der Waals surface area contributed by atoms with E-state index in [1.54, 1.807) is 6.07 Å². The second-order valence-corrected chi connectivity index (χ2v) is 4.47. The van der Waals surface area contributed by atoms with Crippen LogP contribution in [0.25, 0.3) is 0 Å². The zero-order valence-corrected chi connectivity index (χ0v) is 8.22. The predicted octanol–water partition coefficient (Wildman–Crippen LogP) is 1.89. The van der Waals surface area contributed by atoms with E-state index in [0.717, 1.165) is 5.75 Å². The van der Waals surface area contributed by atoms with Gasteiger partial charge < -0.3 is 5.11 Å². The number of nitriles is 1. The molecule has 3 nitrogen and oxygen atoms in total. The smallest absolute Gasteiger partial charge is 0.331 e. The van der Waals surface area contributed by atoms with Crippen LogP contribution >= 0.6 is 11.8 Å². The fraction of sp³-hybridized carbons (Fsp3) is 0.778. The number of carbonyl (C=O) groups is 1. The minimum Gasteiger partial charge on any atom is -0.480 e. The zero-order chi connectivity index (χ0) is 9.68. The molecular formula is C9H13NO2S. The summed E-state index contributed by atoms with van der Waals surface area (Å²) in [5.41, 5.74) is 0. The second kappa shape index (κ2) is 5.13. The third kappa shape index (κ3) is 3.27. The number of rotatable bonds is 4. The van der Waals surface area contributed by atoms with E-state index in [9.17, 15) is 4.79 Å². The summed E-state index contributed by atoms with van der Waals surface area (Å²) < 4.78 is 0. The van der Waals surface area contributed by atoms with Gasteiger partial charge in [0.2, 0.25) is 0 Å². The lowest BCUT2D eigenvalue weighted by Crippen LogP contribution is -2.15. The van der Waals surface area contributed by atoms with Gasteiger partial charge >= 0.3 is 5.97 Å². The van der Waals surface area contributed by atoms with E-state index < -0.39 is 11.2 Å². The molecule has 72 valence electrons. The molecule has 1 rings (SSSR count). The number of aliphatic carboxylic acids is 1. The molecule has 0 aliphatic heterocycles. The van der Waals surface area contributed by atoms with Crippen LogP contribution in [0.15, 0.2) is 0 Å². The van der Waals surface area contributed by atoms with Gasteiger partial charge in [-0.1, -0.05) is 12.8 Å². The van der Waals surface area contributed by atoms with Gasteiger partial charge in [0.1, 0.15) is 0 Å². The van der Waals surface area contributed by atoms with Crippen molar-refractivity contribution < 1.29 is 9.90 Å². The third-order valence-electron chi connectivity index (χ3n) is 2.31. The Labute approximate surface area is 82.1 Å². The molecule has 0 saturated heterocycles. The number of nitrogens with zero attached hydrogens (tertiary/aromatic N) is 1. The molecule has 0 heterocycles. The van der Waals surface area contributed by atoms with E-state index in [-0.39, 0.29) is 0 Å². The highest BCUT2D eigenvalue weighted by Crippen LogP contribution is 2.29. The molecule has 4 heteroatoms. The first kappa shape index (κ1) is 10.4. The molecule has 1 aliphatic carbocycles. The lowest BCUT2D eigenvalue weighted by atomic mass is 10.1. The molecule has 0 aromatic carbocycles. The lowest BCUT2D eigenvalue weighted by Gasteiger charge is -2.08. The van der Waals surface area contributed by atoms with Gasteiger partial charge in [-0.25, -0.2) is 4.79 Å². The monoisotopic (exact) mass is 199 g/mol. The van der Waals surface area contributed by atoms with Crippen LogP contribution in [0.5, 0.6) is 0 Å². The van der Waals surface area contributed by atoms with Gasteiger partial charge in [0.05, 0.1) is 6.07 Å². The van der Waals surface area contributed by atoms with E-state index in [4.69, 9.17) is 10.4 Å². The van der Waals surface area contributed by atoms with Crippen molar-refractivity contribution >= 4 is 17.7 Å². The molecule has 0 bridgehead atoms. The Balaban J connectivity index is 2.23. The molecule has 1 atom stereocenters. The van der Waals surface area contributed by atoms with Crippen LogP contribution in [0.1, 0.15) is 25.7 Å². The average Bonchev–Trinajstić information content (AvgIpc) is 2.57. The predicted molar refractivity (Wildman–Crippen MR) is 51.5 cm³/mol. The van der Waals surface area contributed by atoms with Crippen LogP contribution in [-0.2, 0) is 4.79 Å². The molecule has 1 aliphatic rings. The quantitative estimate of drug-likeness (QED) is 0.751. The highest BCUT2D eigenvalue weighted by Gasteiger charge is 2.21. The van der Waals surface area contributed by atoms with E-state index in [0.29, 0.717) is 5.92 Å². The maximum Gasteiger partial charge on any atom is 0.331 e. The van der Waals surface area contributed by atoms with Crippen molar-refractivity contribution in [3.63, 3.8) is 0 Å². The first-order chi connectivity index (χ1) is 6.24. The van der Waals surface area contributed by atoms with Gasteiger partial charge in [-0.15, -0.1) is 11.8 Å². The SMILES string of the molecule is N#CC(SCC1CCCC1)C(=O)O. The number of hydrogen-bond donors (Lipinski definition) is 1. The van der Waals surface area contributed by atoms with Crippen molar-refractivity contribution in [3.8, 4) is 6.07 Å². The molecule has 1 N–H and O–H groups in total. The third-order valence-corrected chi connectivity index (χ3v) is 3.62. The molecule has 13 heavy (non-hydrogen) atoms. The molecule has 0 radical (unpaired) electrons. The molecule has 0 aromatic heterocycles. The van der Waals surface area contributed by atoms with Crippen molar-refractivity contribution in [1.29, 1.82) is 5.26 Å². The zero-order valence-electron chi connectivity index (χ0n) is 7.40. The number of hydrogen-bond acceptors (Lipinski definition) is 3. The normalized spacial score (nSPS) is 19.6. The molecular weight excluding hydrogens is 186 g/mol. The first-order valence-electron chi connectivity index (χ1n) is 4.48. The van der Waals surface area contributed by atoms with Crippen molar-refractivity contribution in [1.82, 2.24) is 0 Å². The molecule has 1 fully saturated rings. The van der Waals surface area contributed by atoms with Crippen molar-refractivity contribution in [2.45, 2.75) is 30.9 Å². The highest BCUT2D eigenvalue weighted by atomic mass is 32.2. The topological polar surface area (TPSA) is 61.1 Å². The van der Waals surface area contributed by atoms with Crippen LogP contribution < -0.4 is 0 Å². The number of carboxylic acid groups (broad SMARTS) is 1. The van der Waals surface area contributed by atoms with E-state index >= 15 is 0 Å². The van der Waals surface area contributed by atoms with Gasteiger partial charge in [0.25, 0.3) is 0 Å². The summed E-state index contributed by atoms with van der Waals surface area (Å²) in [6.45, 7) is 0. The average molecular weight is 199 g/mol. The number of thioether (sulfide) groups is 1. The Bertz CT molecular complexity index is 218. The van der Waals surface area contributed by atoms with Crippen LogP contribution in [0, 0.1) is 17.2 Å². The molecule has 1 saturated carbocycles. The maximum absolute atomic E-state index is 10.5. The minimum absolute atomic E-state index is 0.639. The van der Waals surface area contributed by atoms with Gasteiger partial charge in [-0.05, 0) is 24.5 Å². The minimum atomic E-state index is -1.01. The van der Waals surface area contributed by atoms with E-state index in [2.05, 4.69) is 0 Å². The summed E-state index contributed by atoms with van der Waals surface area (Å²) >= 11 is 1.27. The first-order valence-corrected chi connectivity index (χ1v) is 5.53. The fourth-order valence-electron chi connectivity index (χ4n) is 1.57. The fourth-order valence-corrected chi connectivity index (χ4v) is 2.59. The van der Waals surface area contributed by atoms with E-state index in [1.165, 1.54) is 37.4 Å². The Hall–Kier alpha value is -0.690. The van der Waals surface area contributed by atoms with Crippen LogP contribution in [0.4, 0.5) is 0 Å². The molecule has 1 unspecified atom stereocenters. The summed E-state index contributed by atoms with van der Waals surface area (Å²) in [5, 5.41) is 16.2. The Morgan fingerprint density at radius 2 is 2.23 bits per heavy atom. The second-order valence-electron chi connectivity index (χ2n) is 3.33. The summed E-state index contributed by atoms with van der Waals surface area (Å²) in [7, 11) is 0. The standard InChI is InChI=1S/C9H13NO2S/c10-5-8(9(11)12)13-6-7-3-1-2-4-7/h7-8H,1-4,6H2,(H,11,12). The van der Waals surface area contributed by atoms with Crippen molar-refractivity contribution in [3.05, 3.63) is 0 Å². The summed E-state index contributed by atoms with van der Waals surface area (Å²) in [6, 6.07) is 1.79. The van der Waals surface area contributed by atoms with Gasteiger partial charge in [0, 0.05) is 0 Å². The maximum atomic E-state index is 10.5. The Kier molecular flexibility index (Phi) is 4.10. The lowest BCUT2D eigenvalue weighted by molar-refractivity contribution is -0.135. The van der Waals surface area contributed by atoms with Crippen molar-refractivity contribution in [2.24, 2.45) is 5.92 Å². The summed E-state index contributed by atoms with van der Waals surface area (Å²) in [4.78, 5) is 10.5. The summed E-state index contributed by atoms with van der Waals surface area (Å²) in [5.74, 6) is 0.454. The van der Waals surface area contributed by atoms with Crippen LogP contribution in [-0.4, -0.2) is 22.1 Å². The van der Waals surface area contributed by atoms with Gasteiger partial charge in [-0.3, -0.25) is 0 Å².